The van der Waals surface area contributed by atoms with Crippen molar-refractivity contribution in [2.45, 2.75) is 31.6 Å². The van der Waals surface area contributed by atoms with E-state index in [9.17, 15) is 14.0 Å². The van der Waals surface area contributed by atoms with Gasteiger partial charge in [-0.05, 0) is 60.5 Å². The highest BCUT2D eigenvalue weighted by Gasteiger charge is 2.41. The topological polar surface area (TPSA) is 58.2 Å². The van der Waals surface area contributed by atoms with Gasteiger partial charge in [-0.15, -0.1) is 22.7 Å². The fourth-order valence-corrected chi connectivity index (χ4v) is 6.21. The molecule has 0 fully saturated rings. The van der Waals surface area contributed by atoms with Gasteiger partial charge in [-0.2, -0.15) is 0 Å². The lowest BCUT2D eigenvalue weighted by molar-refractivity contribution is -0.116. The van der Waals surface area contributed by atoms with Gasteiger partial charge in [0.2, 0.25) is 0 Å². The zero-order chi connectivity index (χ0) is 22.2. The Morgan fingerprint density at radius 1 is 1.03 bits per heavy atom. The van der Waals surface area contributed by atoms with E-state index in [-0.39, 0.29) is 23.4 Å². The van der Waals surface area contributed by atoms with Crippen LogP contribution in [0, 0.1) is 5.82 Å². The van der Waals surface area contributed by atoms with Crippen molar-refractivity contribution in [1.29, 1.82) is 0 Å². The summed E-state index contributed by atoms with van der Waals surface area (Å²) in [6, 6.07) is 13.7. The van der Waals surface area contributed by atoms with Gasteiger partial charge in [0.1, 0.15) is 5.82 Å². The number of thiophene rings is 2. The number of carbonyl (C=O) groups is 2. The summed E-state index contributed by atoms with van der Waals surface area (Å²) in [5.41, 5.74) is 3.37. The van der Waals surface area contributed by atoms with Crippen molar-refractivity contribution >= 4 is 40.1 Å². The molecule has 1 aromatic carbocycles. The van der Waals surface area contributed by atoms with E-state index in [0.29, 0.717) is 23.3 Å². The molecule has 7 heteroatoms. The van der Waals surface area contributed by atoms with E-state index in [4.69, 9.17) is 0 Å². The SMILES string of the molecule is CC1=C(C(=O)Nc2ccc(F)cc2)[C@H](c2cccs2)C2=C(C[C@@H](c3cccs3)CC2=O)N1. The first kappa shape index (κ1) is 20.8. The predicted octanol–water partition coefficient (Wildman–Crippen LogP) is 5.95. The summed E-state index contributed by atoms with van der Waals surface area (Å²) in [4.78, 5) is 29.0. The number of rotatable bonds is 4. The lowest BCUT2D eigenvalue weighted by atomic mass is 9.74. The van der Waals surface area contributed by atoms with E-state index in [2.05, 4.69) is 16.7 Å². The van der Waals surface area contributed by atoms with Crippen LogP contribution in [0.1, 0.15) is 41.4 Å². The van der Waals surface area contributed by atoms with E-state index in [0.717, 1.165) is 22.7 Å². The first-order valence-corrected chi connectivity index (χ1v) is 12.1. The van der Waals surface area contributed by atoms with Crippen LogP contribution in [0.25, 0.3) is 0 Å². The van der Waals surface area contributed by atoms with Gasteiger partial charge in [0.25, 0.3) is 5.91 Å². The molecule has 5 rings (SSSR count). The van der Waals surface area contributed by atoms with Crippen LogP contribution in [0.3, 0.4) is 0 Å². The number of nitrogens with one attached hydrogen (secondary N) is 2. The first-order valence-electron chi connectivity index (χ1n) is 10.4. The lowest BCUT2D eigenvalue weighted by Gasteiger charge is -2.36. The molecule has 0 saturated heterocycles. The van der Waals surface area contributed by atoms with Gasteiger partial charge < -0.3 is 10.6 Å². The second-order valence-electron chi connectivity index (χ2n) is 8.01. The number of hydrogen-bond donors (Lipinski definition) is 2. The zero-order valence-corrected chi connectivity index (χ0v) is 19.0. The number of allylic oxidation sites excluding steroid dienone is 3. The number of dihydropyridines is 1. The van der Waals surface area contributed by atoms with Crippen LogP contribution >= 0.6 is 22.7 Å². The molecule has 0 bridgehead atoms. The maximum atomic E-state index is 13.4. The van der Waals surface area contributed by atoms with Gasteiger partial charge in [0.15, 0.2) is 5.78 Å². The number of Topliss-reactive ketones (excluding diaryl/α,β-unsaturated/α-hetero) is 1. The average Bonchev–Trinajstić information content (AvgIpc) is 3.48. The molecule has 162 valence electrons. The third-order valence-corrected chi connectivity index (χ3v) is 7.92. The minimum Gasteiger partial charge on any atom is -0.362 e. The Morgan fingerprint density at radius 2 is 1.72 bits per heavy atom. The molecule has 32 heavy (non-hydrogen) atoms. The highest BCUT2D eigenvalue weighted by Crippen LogP contribution is 2.47. The van der Waals surface area contributed by atoms with Crippen molar-refractivity contribution in [1.82, 2.24) is 5.32 Å². The van der Waals surface area contributed by atoms with Crippen LogP contribution in [0.4, 0.5) is 10.1 Å². The molecule has 2 N–H and O–H groups in total. The molecule has 0 spiro atoms. The van der Waals surface area contributed by atoms with Crippen molar-refractivity contribution in [2.24, 2.45) is 0 Å². The second-order valence-corrected chi connectivity index (χ2v) is 9.97. The summed E-state index contributed by atoms with van der Waals surface area (Å²) in [7, 11) is 0. The first-order chi connectivity index (χ1) is 15.5. The fourth-order valence-electron chi connectivity index (χ4n) is 4.54. The lowest BCUT2D eigenvalue weighted by Crippen LogP contribution is -2.36. The monoisotopic (exact) mass is 464 g/mol. The second kappa shape index (κ2) is 8.48. The van der Waals surface area contributed by atoms with Crippen molar-refractivity contribution in [3.05, 3.63) is 97.4 Å². The summed E-state index contributed by atoms with van der Waals surface area (Å²) >= 11 is 3.22. The maximum absolute atomic E-state index is 13.4. The smallest absolute Gasteiger partial charge is 0.254 e. The zero-order valence-electron chi connectivity index (χ0n) is 17.4. The Hall–Kier alpha value is -3.03. The summed E-state index contributed by atoms with van der Waals surface area (Å²) in [5.74, 6) is -0.837. The number of halogens is 1. The molecular formula is C25H21FN2O2S2. The van der Waals surface area contributed by atoms with Gasteiger partial charge in [0.05, 0.1) is 5.92 Å². The van der Waals surface area contributed by atoms with Crippen molar-refractivity contribution < 1.29 is 14.0 Å². The number of ketones is 1. The van der Waals surface area contributed by atoms with Crippen LogP contribution in [0.15, 0.2) is 81.8 Å². The Balaban J connectivity index is 1.52. The molecule has 0 radical (unpaired) electrons. The minimum absolute atomic E-state index is 0.0788. The number of amides is 1. The molecular weight excluding hydrogens is 443 g/mol. The number of benzene rings is 1. The van der Waals surface area contributed by atoms with Crippen LogP contribution in [-0.2, 0) is 9.59 Å². The number of anilines is 1. The van der Waals surface area contributed by atoms with Gasteiger partial charge in [-0.25, -0.2) is 4.39 Å². The normalized spacial score (nSPS) is 20.8. The molecule has 3 aromatic rings. The molecule has 1 aliphatic carbocycles. The van der Waals surface area contributed by atoms with Gasteiger partial charge in [0, 0.05) is 50.3 Å². The van der Waals surface area contributed by atoms with Crippen LogP contribution < -0.4 is 10.6 Å². The van der Waals surface area contributed by atoms with Crippen LogP contribution in [0.2, 0.25) is 0 Å². The van der Waals surface area contributed by atoms with E-state index in [1.54, 1.807) is 22.7 Å². The quantitative estimate of drug-likeness (QED) is 0.502. The van der Waals surface area contributed by atoms with Gasteiger partial charge in [-0.3, -0.25) is 9.59 Å². The minimum atomic E-state index is -0.413. The molecule has 2 aromatic heterocycles. The van der Waals surface area contributed by atoms with E-state index in [1.807, 2.05) is 35.9 Å². The largest absolute Gasteiger partial charge is 0.362 e. The molecule has 0 unspecified atom stereocenters. The molecule has 4 nitrogen and oxygen atoms in total. The third-order valence-electron chi connectivity index (χ3n) is 5.95. The van der Waals surface area contributed by atoms with Crippen molar-refractivity contribution in [2.75, 3.05) is 5.32 Å². The highest BCUT2D eigenvalue weighted by molar-refractivity contribution is 7.10. The fraction of sp³-hybridized carbons (Fsp3) is 0.200. The summed E-state index contributed by atoms with van der Waals surface area (Å²) in [6.45, 7) is 1.88. The standard InChI is InChI=1S/C25H21FN2O2S2/c1-14-22(25(30)28-17-8-6-16(26)7-9-17)24(21-5-3-11-32-21)23-18(27-14)12-15(13-19(23)29)20-4-2-10-31-20/h2-11,15,24,27H,12-13H2,1H3,(H,28,30)/t15-,24+/m1/s1. The van der Waals surface area contributed by atoms with Crippen molar-refractivity contribution in [3.63, 3.8) is 0 Å². The summed E-state index contributed by atoms with van der Waals surface area (Å²) in [5, 5.41) is 10.3. The van der Waals surface area contributed by atoms with Gasteiger partial charge >= 0.3 is 0 Å². The number of carbonyl (C=O) groups excluding carboxylic acids is 2. The van der Waals surface area contributed by atoms with E-state index >= 15 is 0 Å². The Kier molecular flexibility index (Phi) is 5.53. The van der Waals surface area contributed by atoms with E-state index < -0.39 is 5.92 Å². The van der Waals surface area contributed by atoms with E-state index in [1.165, 1.54) is 29.1 Å². The predicted molar refractivity (Wildman–Crippen MR) is 126 cm³/mol. The molecule has 0 saturated carbocycles. The Bertz CT molecular complexity index is 1230. The highest BCUT2D eigenvalue weighted by atomic mass is 32.1. The Morgan fingerprint density at radius 3 is 2.38 bits per heavy atom. The Labute approximate surface area is 193 Å². The molecule has 2 atom stereocenters. The summed E-state index contributed by atoms with van der Waals surface area (Å²) < 4.78 is 13.3. The van der Waals surface area contributed by atoms with Gasteiger partial charge in [-0.1, -0.05) is 12.1 Å². The molecule has 1 amide bonds. The molecule has 1 aliphatic heterocycles. The average molecular weight is 465 g/mol. The van der Waals surface area contributed by atoms with Crippen LogP contribution in [-0.4, -0.2) is 11.7 Å². The summed E-state index contributed by atoms with van der Waals surface area (Å²) in [6.07, 6.45) is 1.18. The van der Waals surface area contributed by atoms with Crippen LogP contribution in [0.5, 0.6) is 0 Å². The third kappa shape index (κ3) is 3.82. The maximum Gasteiger partial charge on any atom is 0.254 e. The van der Waals surface area contributed by atoms with Crippen molar-refractivity contribution in [3.8, 4) is 0 Å². The number of hydrogen-bond acceptors (Lipinski definition) is 5. The molecule has 2 aliphatic rings. The molecule has 3 heterocycles.